The van der Waals surface area contributed by atoms with Crippen molar-refractivity contribution in [2.45, 2.75) is 0 Å². The largest absolute Gasteiger partial charge is 1.00 e. The molecule has 0 aromatic carbocycles. The molecule has 6 nitrogen and oxygen atoms in total. The van der Waals surface area contributed by atoms with E-state index in [0.29, 0.717) is 0 Å². The summed E-state index contributed by atoms with van der Waals surface area (Å²) < 4.78 is 0.254. The van der Waals surface area contributed by atoms with Crippen molar-refractivity contribution in [1.82, 2.24) is 12.3 Å². The summed E-state index contributed by atoms with van der Waals surface area (Å²) in [5.41, 5.74) is -3.49. The van der Waals surface area contributed by atoms with Gasteiger partial charge in [0.25, 0.3) is 0 Å². The second-order valence-corrected chi connectivity index (χ2v) is 2.70. The fourth-order valence-electron chi connectivity index (χ4n) is 0.477. The molecule has 0 atom stereocenters. The predicted octanol–water partition coefficient (Wildman–Crippen LogP) is -3.82. The molecular weight excluding hydrogens is 272 g/mol. The maximum Gasteiger partial charge on any atom is 1.00 e. The van der Waals surface area contributed by atoms with Crippen molar-refractivity contribution in [3.8, 4) is 0 Å². The van der Waals surface area contributed by atoms with Gasteiger partial charge in [-0.1, -0.05) is 0 Å². The SMILES string of the molecule is O=c1n(Cl)c(=O)n(Cl)c(=O)n1Cl.[K+]. The van der Waals surface area contributed by atoms with Gasteiger partial charge in [0.15, 0.2) is 0 Å². The molecule has 0 N–H and O–H groups in total. The predicted molar refractivity (Wildman–Crippen MR) is 43.0 cm³/mol. The van der Waals surface area contributed by atoms with E-state index in [0.717, 1.165) is 0 Å². The van der Waals surface area contributed by atoms with Gasteiger partial charge in [0.2, 0.25) is 0 Å². The minimum Gasteiger partial charge on any atom is -0.244 e. The van der Waals surface area contributed by atoms with E-state index in [1.165, 1.54) is 0 Å². The first-order chi connectivity index (χ1) is 5.46. The van der Waals surface area contributed by atoms with Crippen LogP contribution in [-0.2, 0) is 0 Å². The van der Waals surface area contributed by atoms with Crippen molar-refractivity contribution in [2.75, 3.05) is 0 Å². The summed E-state index contributed by atoms with van der Waals surface area (Å²) in [5.74, 6) is 0. The van der Waals surface area contributed by atoms with Gasteiger partial charge in [-0.3, -0.25) is 0 Å². The van der Waals surface area contributed by atoms with Crippen LogP contribution in [-0.4, -0.2) is 12.3 Å². The molecule has 0 saturated carbocycles. The van der Waals surface area contributed by atoms with Crippen LogP contribution in [0.4, 0.5) is 0 Å². The van der Waals surface area contributed by atoms with Gasteiger partial charge in [-0.05, 0) is 0 Å². The Morgan fingerprint density at radius 3 is 1.00 bits per heavy atom. The van der Waals surface area contributed by atoms with Crippen molar-refractivity contribution in [2.24, 2.45) is 0 Å². The summed E-state index contributed by atoms with van der Waals surface area (Å²) in [6.45, 7) is 0. The van der Waals surface area contributed by atoms with Crippen LogP contribution in [0.2, 0.25) is 0 Å². The Morgan fingerprint density at radius 1 is 0.692 bits per heavy atom. The number of hydrogen-bond donors (Lipinski definition) is 0. The molecule has 0 fully saturated rings. The second kappa shape index (κ2) is 5.13. The number of hydrogen-bond acceptors (Lipinski definition) is 3. The van der Waals surface area contributed by atoms with Crippen molar-refractivity contribution in [1.29, 1.82) is 0 Å². The number of rotatable bonds is 0. The standard InChI is InChI=1S/C3Cl3N3O3.K/c4-7-1(10)8(5)3(12)9(6)2(7)11;/q;+1. The molecule has 0 saturated heterocycles. The Hall–Kier alpha value is 0.916. The zero-order valence-corrected chi connectivity index (χ0v) is 11.6. The summed E-state index contributed by atoms with van der Waals surface area (Å²) in [7, 11) is 0. The van der Waals surface area contributed by atoms with Gasteiger partial charge in [0, 0.05) is 35.3 Å². The first-order valence-electron chi connectivity index (χ1n) is 2.46. The monoisotopic (exact) mass is 270 g/mol. The smallest absolute Gasteiger partial charge is 0.244 e. The van der Waals surface area contributed by atoms with Gasteiger partial charge in [0.05, 0.1) is 0 Å². The van der Waals surface area contributed by atoms with E-state index in [-0.39, 0.29) is 63.6 Å². The molecule has 0 radical (unpaired) electrons. The molecule has 0 aliphatic heterocycles. The summed E-state index contributed by atoms with van der Waals surface area (Å²) in [5, 5.41) is 0. The zero-order chi connectivity index (χ0) is 9.46. The van der Waals surface area contributed by atoms with Crippen molar-refractivity contribution in [3.63, 3.8) is 0 Å². The molecule has 0 amide bonds. The fraction of sp³-hybridized carbons (Fsp3) is 0. The van der Waals surface area contributed by atoms with E-state index in [2.05, 4.69) is 0 Å². The summed E-state index contributed by atoms with van der Waals surface area (Å²) >= 11 is 15.3. The molecule has 1 rings (SSSR count). The van der Waals surface area contributed by atoms with Crippen molar-refractivity contribution < 1.29 is 51.4 Å². The van der Waals surface area contributed by atoms with E-state index in [1.54, 1.807) is 0 Å². The Balaban J connectivity index is 0.00000144. The van der Waals surface area contributed by atoms with E-state index in [9.17, 15) is 14.4 Å². The minimum absolute atomic E-state index is 0. The van der Waals surface area contributed by atoms with Crippen molar-refractivity contribution in [3.05, 3.63) is 31.5 Å². The summed E-state index contributed by atoms with van der Waals surface area (Å²) in [6.07, 6.45) is 0. The van der Waals surface area contributed by atoms with Crippen LogP contribution >= 0.6 is 35.3 Å². The molecule has 1 heterocycles. The van der Waals surface area contributed by atoms with Gasteiger partial charge in [0.1, 0.15) is 0 Å². The van der Waals surface area contributed by atoms with Crippen LogP contribution in [0.1, 0.15) is 0 Å². The first-order valence-corrected chi connectivity index (χ1v) is 3.48. The molecule has 0 spiro atoms. The molecular formula is C3Cl3KN3O3+. The number of aromatic nitrogens is 3. The molecule has 1 aromatic heterocycles. The molecule has 0 unspecified atom stereocenters. The number of halogens is 3. The van der Waals surface area contributed by atoms with E-state index >= 15 is 0 Å². The fourth-order valence-corrected chi connectivity index (χ4v) is 1.05. The van der Waals surface area contributed by atoms with Gasteiger partial charge in [-0.2, -0.15) is 0 Å². The van der Waals surface area contributed by atoms with Crippen LogP contribution in [0, 0.1) is 0 Å². The second-order valence-electron chi connectivity index (χ2n) is 1.69. The van der Waals surface area contributed by atoms with E-state index < -0.39 is 17.1 Å². The Bertz CT molecular complexity index is 386. The topological polar surface area (TPSA) is 66.0 Å². The van der Waals surface area contributed by atoms with Gasteiger partial charge < -0.3 is 0 Å². The van der Waals surface area contributed by atoms with Crippen LogP contribution in [0.5, 0.6) is 0 Å². The zero-order valence-electron chi connectivity index (χ0n) is 6.20. The maximum atomic E-state index is 10.8. The van der Waals surface area contributed by atoms with Crippen LogP contribution in [0.25, 0.3) is 0 Å². The van der Waals surface area contributed by atoms with Crippen LogP contribution in [0.15, 0.2) is 14.4 Å². The summed E-state index contributed by atoms with van der Waals surface area (Å²) in [6, 6.07) is 0. The average molecular weight is 272 g/mol. The Labute approximate surface area is 128 Å². The molecule has 0 aliphatic rings. The van der Waals surface area contributed by atoms with Crippen LogP contribution < -0.4 is 68.5 Å². The molecule has 0 aliphatic carbocycles. The van der Waals surface area contributed by atoms with Gasteiger partial charge >= 0.3 is 68.5 Å². The molecule has 10 heteroatoms. The quantitative estimate of drug-likeness (QED) is 0.454. The first kappa shape index (κ1) is 13.9. The molecule has 66 valence electrons. The maximum absolute atomic E-state index is 10.8. The van der Waals surface area contributed by atoms with Gasteiger partial charge in [-0.25, -0.2) is 14.4 Å². The number of nitrogens with zero attached hydrogens (tertiary/aromatic N) is 3. The third-order valence-corrected chi connectivity index (χ3v) is 1.88. The average Bonchev–Trinajstić information content (AvgIpc) is 2.08. The van der Waals surface area contributed by atoms with Crippen LogP contribution in [0.3, 0.4) is 0 Å². The third kappa shape index (κ3) is 2.48. The van der Waals surface area contributed by atoms with E-state index in [1.807, 2.05) is 0 Å². The van der Waals surface area contributed by atoms with Gasteiger partial charge in [-0.15, -0.1) is 12.3 Å². The van der Waals surface area contributed by atoms with Crippen molar-refractivity contribution >= 4 is 35.3 Å². The minimum atomic E-state index is -1.16. The Morgan fingerprint density at radius 2 is 0.846 bits per heavy atom. The molecule has 1 aromatic rings. The summed E-state index contributed by atoms with van der Waals surface area (Å²) in [4.78, 5) is 32.3. The normalized spacial score (nSPS) is 9.46. The Kier molecular flexibility index (Phi) is 5.49. The molecule has 0 bridgehead atoms. The molecule has 13 heavy (non-hydrogen) atoms. The van der Waals surface area contributed by atoms with E-state index in [4.69, 9.17) is 35.3 Å². The third-order valence-electron chi connectivity index (χ3n) is 1.01.